The van der Waals surface area contributed by atoms with Crippen LogP contribution in [0.5, 0.6) is 0 Å². The van der Waals surface area contributed by atoms with Crippen LogP contribution in [0.1, 0.15) is 51.1 Å². The number of aromatic nitrogens is 1. The zero-order valence-corrected chi connectivity index (χ0v) is 12.5. The van der Waals surface area contributed by atoms with Crippen molar-refractivity contribution in [3.63, 3.8) is 0 Å². The van der Waals surface area contributed by atoms with Crippen LogP contribution in [0.15, 0.2) is 36.7 Å². The van der Waals surface area contributed by atoms with E-state index in [4.69, 9.17) is 5.73 Å². The van der Waals surface area contributed by atoms with Crippen LogP contribution in [0.25, 0.3) is 10.8 Å². The summed E-state index contributed by atoms with van der Waals surface area (Å²) in [6.07, 6.45) is 9.06. The molecule has 2 nitrogen and oxygen atoms in total. The second-order valence-electron chi connectivity index (χ2n) is 6.82. The lowest BCUT2D eigenvalue weighted by Gasteiger charge is -2.42. The van der Waals surface area contributed by atoms with E-state index in [1.54, 1.807) is 0 Å². The third-order valence-electron chi connectivity index (χ3n) is 5.08. The molecule has 3 rings (SSSR count). The summed E-state index contributed by atoms with van der Waals surface area (Å²) in [5, 5.41) is 2.45. The highest BCUT2D eigenvalue weighted by Gasteiger charge is 2.37. The van der Waals surface area contributed by atoms with Crippen molar-refractivity contribution < 1.29 is 0 Å². The van der Waals surface area contributed by atoms with E-state index < -0.39 is 0 Å². The molecule has 2 unspecified atom stereocenters. The summed E-state index contributed by atoms with van der Waals surface area (Å²) >= 11 is 0. The van der Waals surface area contributed by atoms with Crippen LogP contribution >= 0.6 is 0 Å². The molecular weight excluding hydrogens is 244 g/mol. The fraction of sp³-hybridized carbons (Fsp3) is 0.500. The molecule has 106 valence electrons. The summed E-state index contributed by atoms with van der Waals surface area (Å²) in [5.41, 5.74) is 8.21. The van der Waals surface area contributed by atoms with Crippen LogP contribution in [0.4, 0.5) is 0 Å². The quantitative estimate of drug-likeness (QED) is 0.874. The van der Waals surface area contributed by atoms with Crippen molar-refractivity contribution in [3.05, 3.63) is 42.2 Å². The summed E-state index contributed by atoms with van der Waals surface area (Å²) in [6, 6.07) is 8.52. The lowest BCUT2D eigenvalue weighted by atomic mass is 9.65. The average Bonchev–Trinajstić information content (AvgIpc) is 2.45. The first-order chi connectivity index (χ1) is 9.59. The first-order valence-corrected chi connectivity index (χ1v) is 7.68. The minimum absolute atomic E-state index is 0.0869. The molecule has 0 saturated heterocycles. The van der Waals surface area contributed by atoms with Gasteiger partial charge in [0.15, 0.2) is 0 Å². The average molecular weight is 268 g/mol. The Labute approximate surface area is 121 Å². The highest BCUT2D eigenvalue weighted by Crippen LogP contribution is 2.46. The Kier molecular flexibility index (Phi) is 3.51. The zero-order valence-electron chi connectivity index (χ0n) is 12.5. The van der Waals surface area contributed by atoms with Gasteiger partial charge in [-0.05, 0) is 35.1 Å². The number of benzene rings is 1. The van der Waals surface area contributed by atoms with E-state index in [2.05, 4.69) is 43.1 Å². The number of hydrogen-bond acceptors (Lipinski definition) is 2. The van der Waals surface area contributed by atoms with Gasteiger partial charge in [-0.25, -0.2) is 0 Å². The Morgan fingerprint density at radius 3 is 2.80 bits per heavy atom. The van der Waals surface area contributed by atoms with Crippen molar-refractivity contribution in [1.82, 2.24) is 4.98 Å². The van der Waals surface area contributed by atoms with Crippen LogP contribution in [0, 0.1) is 11.3 Å². The van der Waals surface area contributed by atoms with Crippen molar-refractivity contribution in [1.29, 1.82) is 0 Å². The third-order valence-corrected chi connectivity index (χ3v) is 5.08. The molecule has 1 fully saturated rings. The second-order valence-corrected chi connectivity index (χ2v) is 6.82. The number of fused-ring (bicyclic) bond motifs is 1. The van der Waals surface area contributed by atoms with Crippen LogP contribution < -0.4 is 5.73 Å². The van der Waals surface area contributed by atoms with Gasteiger partial charge in [0.05, 0.1) is 0 Å². The summed E-state index contributed by atoms with van der Waals surface area (Å²) in [7, 11) is 0. The van der Waals surface area contributed by atoms with E-state index in [9.17, 15) is 0 Å². The SMILES string of the molecule is CC1(C)CCCCC1C(N)c1cncc2ccccc12. The van der Waals surface area contributed by atoms with Crippen molar-refractivity contribution in [2.24, 2.45) is 17.1 Å². The van der Waals surface area contributed by atoms with Gasteiger partial charge in [-0.1, -0.05) is 51.0 Å². The molecule has 2 heteroatoms. The number of pyridine rings is 1. The minimum Gasteiger partial charge on any atom is -0.324 e. The predicted octanol–water partition coefficient (Wildman–Crippen LogP) is 4.45. The van der Waals surface area contributed by atoms with Crippen LogP contribution in [-0.4, -0.2) is 4.98 Å². The van der Waals surface area contributed by atoms with Gasteiger partial charge in [0, 0.05) is 23.8 Å². The van der Waals surface area contributed by atoms with Crippen molar-refractivity contribution in [2.75, 3.05) is 0 Å². The van der Waals surface area contributed by atoms with Gasteiger partial charge in [0.1, 0.15) is 0 Å². The molecular formula is C18H24N2. The largest absolute Gasteiger partial charge is 0.324 e. The fourth-order valence-corrected chi connectivity index (χ4v) is 3.81. The smallest absolute Gasteiger partial charge is 0.0350 e. The standard InChI is InChI=1S/C18H24N2/c1-18(2)10-6-5-9-16(18)17(19)15-12-20-11-13-7-3-4-8-14(13)15/h3-4,7-8,11-12,16-17H,5-6,9-10,19H2,1-2H3. The maximum atomic E-state index is 6.67. The van der Waals surface area contributed by atoms with Crippen LogP contribution in [0.3, 0.4) is 0 Å². The minimum atomic E-state index is 0.0869. The predicted molar refractivity (Wildman–Crippen MR) is 84.4 cm³/mol. The zero-order chi connectivity index (χ0) is 14.2. The highest BCUT2D eigenvalue weighted by atomic mass is 14.7. The summed E-state index contributed by atoms with van der Waals surface area (Å²) in [5.74, 6) is 0.545. The topological polar surface area (TPSA) is 38.9 Å². The fourth-order valence-electron chi connectivity index (χ4n) is 3.81. The highest BCUT2D eigenvalue weighted by molar-refractivity contribution is 5.85. The van der Waals surface area contributed by atoms with E-state index in [0.717, 1.165) is 0 Å². The van der Waals surface area contributed by atoms with E-state index in [1.165, 1.54) is 42.0 Å². The lowest BCUT2D eigenvalue weighted by Crippen LogP contribution is -2.36. The monoisotopic (exact) mass is 268 g/mol. The van der Waals surface area contributed by atoms with Crippen molar-refractivity contribution in [2.45, 2.75) is 45.6 Å². The van der Waals surface area contributed by atoms with Crippen LogP contribution in [-0.2, 0) is 0 Å². The normalized spacial score (nSPS) is 23.6. The van der Waals surface area contributed by atoms with Gasteiger partial charge in [0.25, 0.3) is 0 Å². The van der Waals surface area contributed by atoms with Gasteiger partial charge < -0.3 is 5.73 Å². The number of hydrogen-bond donors (Lipinski definition) is 1. The lowest BCUT2D eigenvalue weighted by molar-refractivity contribution is 0.113. The Morgan fingerprint density at radius 2 is 2.00 bits per heavy atom. The Balaban J connectivity index is 2.02. The van der Waals surface area contributed by atoms with Crippen molar-refractivity contribution in [3.8, 4) is 0 Å². The molecule has 20 heavy (non-hydrogen) atoms. The van der Waals surface area contributed by atoms with E-state index in [1.807, 2.05) is 12.4 Å². The third kappa shape index (κ3) is 2.33. The van der Waals surface area contributed by atoms with E-state index in [0.29, 0.717) is 11.3 Å². The summed E-state index contributed by atoms with van der Waals surface area (Å²) in [4.78, 5) is 4.40. The summed E-state index contributed by atoms with van der Waals surface area (Å²) < 4.78 is 0. The van der Waals surface area contributed by atoms with E-state index in [-0.39, 0.29) is 6.04 Å². The molecule has 1 heterocycles. The summed E-state index contributed by atoms with van der Waals surface area (Å²) in [6.45, 7) is 4.74. The molecule has 0 radical (unpaired) electrons. The molecule has 2 aromatic rings. The molecule has 2 atom stereocenters. The molecule has 1 aromatic carbocycles. The maximum Gasteiger partial charge on any atom is 0.0350 e. The van der Waals surface area contributed by atoms with Crippen LogP contribution in [0.2, 0.25) is 0 Å². The molecule has 1 saturated carbocycles. The molecule has 1 aliphatic rings. The number of nitrogens with zero attached hydrogens (tertiary/aromatic N) is 1. The first kappa shape index (κ1) is 13.6. The molecule has 0 amide bonds. The van der Waals surface area contributed by atoms with Gasteiger partial charge in [-0.3, -0.25) is 4.98 Å². The Bertz CT molecular complexity index is 598. The number of nitrogens with two attached hydrogens (primary N) is 1. The Morgan fingerprint density at radius 1 is 1.20 bits per heavy atom. The molecule has 2 N–H and O–H groups in total. The van der Waals surface area contributed by atoms with Gasteiger partial charge in [-0.15, -0.1) is 0 Å². The van der Waals surface area contributed by atoms with Crippen molar-refractivity contribution >= 4 is 10.8 Å². The molecule has 0 aliphatic heterocycles. The molecule has 0 bridgehead atoms. The molecule has 0 spiro atoms. The van der Waals surface area contributed by atoms with Gasteiger partial charge in [-0.2, -0.15) is 0 Å². The molecule has 1 aliphatic carbocycles. The second kappa shape index (κ2) is 5.17. The van der Waals surface area contributed by atoms with E-state index >= 15 is 0 Å². The maximum absolute atomic E-state index is 6.67. The van der Waals surface area contributed by atoms with Gasteiger partial charge in [0.2, 0.25) is 0 Å². The molecule has 1 aromatic heterocycles. The Hall–Kier alpha value is -1.41. The first-order valence-electron chi connectivity index (χ1n) is 7.68. The number of rotatable bonds is 2. The van der Waals surface area contributed by atoms with Gasteiger partial charge >= 0.3 is 0 Å².